The first kappa shape index (κ1) is 11.6. The van der Waals surface area contributed by atoms with E-state index in [1.54, 1.807) is 18.3 Å². The van der Waals surface area contributed by atoms with Gasteiger partial charge in [0.1, 0.15) is 12.3 Å². The van der Waals surface area contributed by atoms with Crippen molar-refractivity contribution in [3.63, 3.8) is 0 Å². The largest absolute Gasteiger partial charge is 0.440 e. The van der Waals surface area contributed by atoms with E-state index in [4.69, 9.17) is 21.8 Å². The van der Waals surface area contributed by atoms with Crippen LogP contribution < -0.4 is 11.1 Å². The zero-order valence-corrected chi connectivity index (χ0v) is 10.6. The zero-order valence-electron chi connectivity index (χ0n) is 9.01. The van der Waals surface area contributed by atoms with Crippen LogP contribution in [0.3, 0.4) is 0 Å². The number of amides is 1. The summed E-state index contributed by atoms with van der Waals surface area (Å²) in [5, 5.41) is 3.72. The number of nitrogens with one attached hydrogen (secondary N) is 1. The van der Waals surface area contributed by atoms with Gasteiger partial charge in [0.2, 0.25) is 5.91 Å². The first-order valence-electron chi connectivity index (χ1n) is 5.12. The molecule has 1 unspecified atom stereocenters. The van der Waals surface area contributed by atoms with Gasteiger partial charge in [-0.05, 0) is 23.9 Å². The Balaban J connectivity index is 1.98. The number of benzene rings is 1. The Morgan fingerprint density at radius 3 is 3.06 bits per heavy atom. The van der Waals surface area contributed by atoms with Gasteiger partial charge in [-0.1, -0.05) is 11.6 Å². The number of fused-ring (bicyclic) bond motifs is 1. The smallest absolute Gasteiger partial charge is 0.260 e. The van der Waals surface area contributed by atoms with Gasteiger partial charge in [-0.25, -0.2) is 4.98 Å². The quantitative estimate of drug-likeness (QED) is 0.883. The number of nitrogens with two attached hydrogens (primary N) is 1. The van der Waals surface area contributed by atoms with Crippen molar-refractivity contribution in [2.45, 2.75) is 16.2 Å². The molecule has 5 nitrogen and oxygen atoms in total. The SMILES string of the molecule is NC1C(=O)Nc2cc(Sc3ncco3)c(Cl)cc21. The normalized spacial score (nSPS) is 17.7. The summed E-state index contributed by atoms with van der Waals surface area (Å²) < 4.78 is 5.14. The number of carbonyl (C=O) groups is 1. The van der Waals surface area contributed by atoms with Crippen LogP contribution in [0, 0.1) is 0 Å². The number of aromatic nitrogens is 1. The third kappa shape index (κ3) is 1.88. The van der Waals surface area contributed by atoms with Crippen molar-refractivity contribution in [3.8, 4) is 0 Å². The molecule has 3 rings (SSSR count). The van der Waals surface area contributed by atoms with Gasteiger partial charge in [0.05, 0.1) is 11.2 Å². The maximum atomic E-state index is 11.5. The minimum atomic E-state index is -0.654. The lowest BCUT2D eigenvalue weighted by atomic mass is 10.1. The minimum Gasteiger partial charge on any atom is -0.440 e. The predicted octanol–water partition coefficient (Wildman–Crippen LogP) is 2.43. The molecule has 18 heavy (non-hydrogen) atoms. The molecule has 0 radical (unpaired) electrons. The summed E-state index contributed by atoms with van der Waals surface area (Å²) in [4.78, 5) is 16.2. The Kier molecular flexibility index (Phi) is 2.77. The van der Waals surface area contributed by atoms with E-state index in [0.717, 1.165) is 4.90 Å². The number of halogens is 1. The first-order chi connectivity index (χ1) is 8.65. The molecule has 1 aromatic heterocycles. The molecule has 0 aliphatic carbocycles. The molecule has 0 spiro atoms. The highest BCUT2D eigenvalue weighted by atomic mass is 35.5. The van der Waals surface area contributed by atoms with Gasteiger partial charge in [0.25, 0.3) is 5.22 Å². The second-order valence-electron chi connectivity index (χ2n) is 3.74. The molecular formula is C11H8ClN3O2S. The third-order valence-corrected chi connectivity index (χ3v) is 3.95. The first-order valence-corrected chi connectivity index (χ1v) is 6.32. The van der Waals surface area contributed by atoms with E-state index in [0.29, 0.717) is 21.5 Å². The van der Waals surface area contributed by atoms with Crippen molar-refractivity contribution in [1.29, 1.82) is 0 Å². The van der Waals surface area contributed by atoms with Crippen LogP contribution >= 0.6 is 23.4 Å². The molecule has 0 fully saturated rings. The fourth-order valence-corrected chi connectivity index (χ4v) is 2.75. The molecule has 1 aliphatic rings. The van der Waals surface area contributed by atoms with E-state index >= 15 is 0 Å². The number of carbonyl (C=O) groups excluding carboxylic acids is 1. The standard InChI is InChI=1S/C11H8ClN3O2S/c12-6-3-5-7(15-10(16)9(5)13)4-8(6)18-11-14-1-2-17-11/h1-4,9H,13H2,(H,15,16). The lowest BCUT2D eigenvalue weighted by Gasteiger charge is -2.06. The highest BCUT2D eigenvalue weighted by Gasteiger charge is 2.28. The van der Waals surface area contributed by atoms with Gasteiger partial charge in [-0.3, -0.25) is 4.79 Å². The number of nitrogens with zero attached hydrogens (tertiary/aromatic N) is 1. The van der Waals surface area contributed by atoms with E-state index in [-0.39, 0.29) is 5.91 Å². The van der Waals surface area contributed by atoms with Crippen LogP contribution in [0.15, 0.2) is 39.1 Å². The Morgan fingerprint density at radius 1 is 1.50 bits per heavy atom. The Hall–Kier alpha value is -1.50. The van der Waals surface area contributed by atoms with Crippen molar-refractivity contribution in [2.75, 3.05) is 5.32 Å². The number of anilines is 1. The van der Waals surface area contributed by atoms with Crippen LogP contribution in [-0.4, -0.2) is 10.9 Å². The monoisotopic (exact) mass is 281 g/mol. The van der Waals surface area contributed by atoms with Gasteiger partial charge < -0.3 is 15.5 Å². The molecule has 1 aromatic carbocycles. The molecule has 0 saturated heterocycles. The average molecular weight is 282 g/mol. The fourth-order valence-electron chi connectivity index (χ4n) is 1.72. The summed E-state index contributed by atoms with van der Waals surface area (Å²) in [5.74, 6) is -0.223. The van der Waals surface area contributed by atoms with E-state index in [9.17, 15) is 4.79 Å². The predicted molar refractivity (Wildman–Crippen MR) is 67.6 cm³/mol. The molecule has 0 bridgehead atoms. The van der Waals surface area contributed by atoms with E-state index in [1.807, 2.05) is 0 Å². The summed E-state index contributed by atoms with van der Waals surface area (Å²) in [6.07, 6.45) is 3.04. The number of hydrogen-bond acceptors (Lipinski definition) is 5. The van der Waals surface area contributed by atoms with Crippen molar-refractivity contribution < 1.29 is 9.21 Å². The van der Waals surface area contributed by atoms with Gasteiger partial charge in [-0.2, -0.15) is 0 Å². The van der Waals surface area contributed by atoms with Crippen LogP contribution in [0.1, 0.15) is 11.6 Å². The summed E-state index contributed by atoms with van der Waals surface area (Å²) in [6, 6.07) is 2.82. The number of hydrogen-bond donors (Lipinski definition) is 2. The van der Waals surface area contributed by atoms with Gasteiger partial charge in [0, 0.05) is 16.1 Å². The topological polar surface area (TPSA) is 81.2 Å². The number of rotatable bonds is 2. The second kappa shape index (κ2) is 4.31. The molecule has 2 aromatic rings. The maximum Gasteiger partial charge on any atom is 0.260 e. The zero-order chi connectivity index (χ0) is 12.7. The fraction of sp³-hybridized carbons (Fsp3) is 0.0909. The van der Waals surface area contributed by atoms with Gasteiger partial charge >= 0.3 is 0 Å². The van der Waals surface area contributed by atoms with Crippen LogP contribution in [0.5, 0.6) is 0 Å². The summed E-state index contributed by atoms with van der Waals surface area (Å²) in [5.41, 5.74) is 7.13. The highest BCUT2D eigenvalue weighted by molar-refractivity contribution is 7.99. The molecular weight excluding hydrogens is 274 g/mol. The molecule has 7 heteroatoms. The Morgan fingerprint density at radius 2 is 2.33 bits per heavy atom. The average Bonchev–Trinajstić information content (AvgIpc) is 2.92. The molecule has 1 atom stereocenters. The molecule has 0 saturated carbocycles. The van der Waals surface area contributed by atoms with E-state index in [1.165, 1.54) is 18.0 Å². The Bertz CT molecular complexity index is 615. The van der Waals surface area contributed by atoms with Crippen LogP contribution in [0.2, 0.25) is 5.02 Å². The van der Waals surface area contributed by atoms with Crippen LogP contribution in [0.25, 0.3) is 0 Å². The van der Waals surface area contributed by atoms with E-state index in [2.05, 4.69) is 10.3 Å². The van der Waals surface area contributed by atoms with E-state index < -0.39 is 6.04 Å². The number of oxazole rings is 1. The molecule has 1 aliphatic heterocycles. The summed E-state index contributed by atoms with van der Waals surface area (Å²) in [7, 11) is 0. The molecule has 92 valence electrons. The lowest BCUT2D eigenvalue weighted by Crippen LogP contribution is -2.19. The summed E-state index contributed by atoms with van der Waals surface area (Å²) in [6.45, 7) is 0. The second-order valence-corrected chi connectivity index (χ2v) is 5.14. The van der Waals surface area contributed by atoms with Crippen molar-refractivity contribution in [2.24, 2.45) is 5.73 Å². The highest BCUT2D eigenvalue weighted by Crippen LogP contribution is 2.40. The minimum absolute atomic E-state index is 0.223. The molecule has 3 N–H and O–H groups in total. The Labute approximate surface area is 112 Å². The van der Waals surface area contributed by atoms with Crippen molar-refractivity contribution >= 4 is 35.0 Å². The van der Waals surface area contributed by atoms with Crippen molar-refractivity contribution in [1.82, 2.24) is 4.98 Å². The van der Waals surface area contributed by atoms with Crippen molar-refractivity contribution in [3.05, 3.63) is 35.2 Å². The molecule has 2 heterocycles. The maximum absolute atomic E-state index is 11.5. The van der Waals surface area contributed by atoms with Gasteiger partial charge in [-0.15, -0.1) is 0 Å². The third-order valence-electron chi connectivity index (χ3n) is 2.59. The molecule has 1 amide bonds. The van der Waals surface area contributed by atoms with Crippen LogP contribution in [-0.2, 0) is 4.79 Å². The summed E-state index contributed by atoms with van der Waals surface area (Å²) >= 11 is 7.44. The lowest BCUT2D eigenvalue weighted by molar-refractivity contribution is -0.116. The van der Waals surface area contributed by atoms with Crippen LogP contribution in [0.4, 0.5) is 5.69 Å². The van der Waals surface area contributed by atoms with Gasteiger partial charge in [0.15, 0.2) is 0 Å².